The molecular weight excluding hydrogens is 290 g/mol. The van der Waals surface area contributed by atoms with Crippen molar-refractivity contribution in [3.05, 3.63) is 34.9 Å². The predicted octanol–water partition coefficient (Wildman–Crippen LogP) is 2.33. The molecule has 1 N–H and O–H groups in total. The van der Waals surface area contributed by atoms with Crippen molar-refractivity contribution in [3.63, 3.8) is 0 Å². The Morgan fingerprint density at radius 3 is 2.76 bits per heavy atom. The van der Waals surface area contributed by atoms with Gasteiger partial charge in [-0.25, -0.2) is 0 Å². The lowest BCUT2D eigenvalue weighted by molar-refractivity contribution is -0.122. The fraction of sp³-hybridized carbons (Fsp3) is 0.500. The molecule has 0 spiro atoms. The van der Waals surface area contributed by atoms with Crippen molar-refractivity contribution in [2.75, 3.05) is 0 Å². The second-order valence-electron chi connectivity index (χ2n) is 4.99. The van der Waals surface area contributed by atoms with E-state index in [2.05, 4.69) is 15.5 Å². The summed E-state index contributed by atoms with van der Waals surface area (Å²) in [5, 5.41) is 12.0. The van der Waals surface area contributed by atoms with E-state index < -0.39 is 0 Å². The number of carbonyl (C=O) groups excluding carboxylic acids is 1. The summed E-state index contributed by atoms with van der Waals surface area (Å²) in [6.07, 6.45) is 5.61. The fourth-order valence-corrected chi connectivity index (χ4v) is 2.34. The Labute approximate surface area is 129 Å². The standard InChI is InChI=1S/C14H20ClN5O/c1-4-19-9-13(11(3)18-19)10(2)17-14(21)5-6-20-8-12(15)7-16-20/h7-10H,4-6H2,1-3H3,(H,17,21). The highest BCUT2D eigenvalue weighted by molar-refractivity contribution is 6.30. The van der Waals surface area contributed by atoms with E-state index >= 15 is 0 Å². The molecule has 0 radical (unpaired) electrons. The number of nitrogens with one attached hydrogen (secondary N) is 1. The minimum Gasteiger partial charge on any atom is -0.349 e. The van der Waals surface area contributed by atoms with Gasteiger partial charge in [0.25, 0.3) is 0 Å². The Bertz CT molecular complexity index is 619. The molecule has 2 aromatic heterocycles. The molecule has 1 amide bonds. The summed E-state index contributed by atoms with van der Waals surface area (Å²) >= 11 is 5.78. The van der Waals surface area contributed by atoms with Crippen molar-refractivity contribution in [1.82, 2.24) is 24.9 Å². The zero-order chi connectivity index (χ0) is 15.4. The van der Waals surface area contributed by atoms with Crippen LogP contribution in [0.25, 0.3) is 0 Å². The number of carbonyl (C=O) groups is 1. The van der Waals surface area contributed by atoms with Gasteiger partial charge in [-0.2, -0.15) is 10.2 Å². The molecule has 21 heavy (non-hydrogen) atoms. The first-order valence-corrected chi connectivity index (χ1v) is 7.38. The Hall–Kier alpha value is -1.82. The second-order valence-corrected chi connectivity index (χ2v) is 5.42. The van der Waals surface area contributed by atoms with Gasteiger partial charge in [-0.1, -0.05) is 11.6 Å². The lowest BCUT2D eigenvalue weighted by Crippen LogP contribution is -2.27. The van der Waals surface area contributed by atoms with E-state index in [0.29, 0.717) is 18.0 Å². The molecule has 0 aliphatic carbocycles. The normalized spacial score (nSPS) is 12.4. The van der Waals surface area contributed by atoms with Crippen molar-refractivity contribution >= 4 is 17.5 Å². The molecule has 2 heterocycles. The maximum Gasteiger partial charge on any atom is 0.222 e. The van der Waals surface area contributed by atoms with Gasteiger partial charge in [-0.05, 0) is 20.8 Å². The van der Waals surface area contributed by atoms with E-state index in [1.165, 1.54) is 0 Å². The van der Waals surface area contributed by atoms with Gasteiger partial charge in [0.1, 0.15) is 0 Å². The van der Waals surface area contributed by atoms with Gasteiger partial charge >= 0.3 is 0 Å². The summed E-state index contributed by atoms with van der Waals surface area (Å²) in [5.41, 5.74) is 2.00. The van der Waals surface area contributed by atoms with Gasteiger partial charge in [-0.15, -0.1) is 0 Å². The van der Waals surface area contributed by atoms with Gasteiger partial charge in [0.05, 0.1) is 23.0 Å². The minimum atomic E-state index is -0.0565. The summed E-state index contributed by atoms with van der Waals surface area (Å²) in [4.78, 5) is 12.0. The Morgan fingerprint density at radius 1 is 1.43 bits per heavy atom. The van der Waals surface area contributed by atoms with Crippen molar-refractivity contribution in [2.45, 2.75) is 46.3 Å². The first-order chi connectivity index (χ1) is 9.99. The van der Waals surface area contributed by atoms with E-state index in [-0.39, 0.29) is 11.9 Å². The van der Waals surface area contributed by atoms with Crippen molar-refractivity contribution in [2.24, 2.45) is 0 Å². The van der Waals surface area contributed by atoms with Crippen molar-refractivity contribution in [3.8, 4) is 0 Å². The molecule has 0 fully saturated rings. The van der Waals surface area contributed by atoms with Crippen LogP contribution in [0.1, 0.15) is 37.6 Å². The van der Waals surface area contributed by atoms with E-state index in [0.717, 1.165) is 17.8 Å². The van der Waals surface area contributed by atoms with Crippen LogP contribution >= 0.6 is 11.6 Å². The number of hydrogen-bond donors (Lipinski definition) is 1. The first-order valence-electron chi connectivity index (χ1n) is 7.01. The van der Waals surface area contributed by atoms with Gasteiger partial charge in [0.15, 0.2) is 0 Å². The average Bonchev–Trinajstić information content (AvgIpc) is 3.02. The fourth-order valence-electron chi connectivity index (χ4n) is 2.19. The smallest absolute Gasteiger partial charge is 0.222 e. The lowest BCUT2D eigenvalue weighted by atomic mass is 10.1. The van der Waals surface area contributed by atoms with E-state index in [9.17, 15) is 4.79 Å². The van der Waals surface area contributed by atoms with Crippen LogP contribution in [-0.2, 0) is 17.9 Å². The van der Waals surface area contributed by atoms with Crippen LogP contribution < -0.4 is 5.32 Å². The summed E-state index contributed by atoms with van der Waals surface area (Å²) in [7, 11) is 0. The molecule has 0 saturated heterocycles. The molecule has 0 aromatic carbocycles. The SMILES string of the molecule is CCn1cc(C(C)NC(=O)CCn2cc(Cl)cn2)c(C)n1. The van der Waals surface area contributed by atoms with Crippen LogP contribution in [0, 0.1) is 6.92 Å². The molecule has 2 aromatic rings. The van der Waals surface area contributed by atoms with Gasteiger partial charge in [0.2, 0.25) is 5.91 Å². The van der Waals surface area contributed by atoms with Crippen LogP contribution in [0.2, 0.25) is 5.02 Å². The van der Waals surface area contributed by atoms with Crippen LogP contribution in [0.5, 0.6) is 0 Å². The third-order valence-electron chi connectivity index (χ3n) is 3.32. The molecule has 0 saturated carbocycles. The summed E-state index contributed by atoms with van der Waals surface area (Å²) < 4.78 is 3.53. The number of aryl methyl sites for hydroxylation is 3. The number of amides is 1. The number of aromatic nitrogens is 4. The Morgan fingerprint density at radius 2 is 2.19 bits per heavy atom. The summed E-state index contributed by atoms with van der Waals surface area (Å²) in [5.74, 6) is -0.0160. The molecule has 114 valence electrons. The highest BCUT2D eigenvalue weighted by Crippen LogP contribution is 2.16. The van der Waals surface area contributed by atoms with Crippen LogP contribution in [0.4, 0.5) is 0 Å². The van der Waals surface area contributed by atoms with Gasteiger partial charge < -0.3 is 5.32 Å². The van der Waals surface area contributed by atoms with Crippen LogP contribution in [0.3, 0.4) is 0 Å². The number of hydrogen-bond acceptors (Lipinski definition) is 3. The van der Waals surface area contributed by atoms with Gasteiger partial charge in [0, 0.05) is 37.5 Å². The number of rotatable bonds is 6. The highest BCUT2D eigenvalue weighted by Gasteiger charge is 2.14. The van der Waals surface area contributed by atoms with E-state index in [1.807, 2.05) is 31.6 Å². The second kappa shape index (κ2) is 6.76. The maximum atomic E-state index is 12.0. The minimum absolute atomic E-state index is 0.0160. The van der Waals surface area contributed by atoms with Crippen LogP contribution in [0.15, 0.2) is 18.6 Å². The molecule has 0 aliphatic heterocycles. The quantitative estimate of drug-likeness (QED) is 0.890. The first kappa shape index (κ1) is 15.6. The van der Waals surface area contributed by atoms with E-state index in [1.54, 1.807) is 17.1 Å². The topological polar surface area (TPSA) is 64.7 Å². The number of nitrogens with zero attached hydrogens (tertiary/aromatic N) is 4. The Balaban J connectivity index is 1.88. The molecule has 7 heteroatoms. The zero-order valence-electron chi connectivity index (χ0n) is 12.5. The Kier molecular flexibility index (Phi) is 5.01. The molecule has 1 atom stereocenters. The van der Waals surface area contributed by atoms with Gasteiger partial charge in [-0.3, -0.25) is 14.2 Å². The monoisotopic (exact) mass is 309 g/mol. The third-order valence-corrected chi connectivity index (χ3v) is 3.52. The maximum absolute atomic E-state index is 12.0. The molecule has 2 rings (SSSR count). The van der Waals surface area contributed by atoms with Crippen LogP contribution in [-0.4, -0.2) is 25.5 Å². The average molecular weight is 310 g/mol. The summed E-state index contributed by atoms with van der Waals surface area (Å²) in [6.45, 7) is 7.29. The lowest BCUT2D eigenvalue weighted by Gasteiger charge is -2.13. The number of halogens is 1. The van der Waals surface area contributed by atoms with Crippen molar-refractivity contribution in [1.29, 1.82) is 0 Å². The molecule has 0 bridgehead atoms. The largest absolute Gasteiger partial charge is 0.349 e. The predicted molar refractivity (Wildman–Crippen MR) is 81.0 cm³/mol. The molecule has 6 nitrogen and oxygen atoms in total. The zero-order valence-corrected chi connectivity index (χ0v) is 13.3. The van der Waals surface area contributed by atoms with E-state index in [4.69, 9.17) is 11.6 Å². The van der Waals surface area contributed by atoms with Crippen molar-refractivity contribution < 1.29 is 4.79 Å². The molecule has 1 unspecified atom stereocenters. The third kappa shape index (κ3) is 4.07. The summed E-state index contributed by atoms with van der Waals surface area (Å²) in [6, 6.07) is -0.0565. The molecular formula is C14H20ClN5O. The molecule has 0 aliphatic rings. The highest BCUT2D eigenvalue weighted by atomic mass is 35.5.